The van der Waals surface area contributed by atoms with Crippen LogP contribution < -0.4 is 0 Å². The summed E-state index contributed by atoms with van der Waals surface area (Å²) < 4.78 is 0. The molecule has 0 bridgehead atoms. The summed E-state index contributed by atoms with van der Waals surface area (Å²) in [5, 5.41) is 9.59. The molecule has 0 saturated heterocycles. The fraction of sp³-hybridized carbons (Fsp3) is 0.526. The van der Waals surface area contributed by atoms with E-state index in [0.717, 1.165) is 25.2 Å². The summed E-state index contributed by atoms with van der Waals surface area (Å²) in [6.45, 7) is 8.16. The first-order valence-corrected chi connectivity index (χ1v) is 9.82. The standard InChI is InChI=1S/C13H16O2.C6H12Cl3N.ClH/c1-9(2)4-5-12-8-11(10(3)14)6-7-13(12)15;7-1-4-10(5-2-8)6-3-9;/h4,6-8,15H,5H2,1-3H3;1-6H2;1H. The summed E-state index contributed by atoms with van der Waals surface area (Å²) in [4.78, 5) is 13.3. The number of phenols is 1. The van der Waals surface area contributed by atoms with Crippen LogP contribution >= 0.6 is 47.2 Å². The normalized spacial score (nSPS) is 9.81. The quantitative estimate of drug-likeness (QED) is 0.309. The van der Waals surface area contributed by atoms with Crippen LogP contribution in [0.25, 0.3) is 0 Å². The number of halogens is 4. The van der Waals surface area contributed by atoms with Gasteiger partial charge in [0.05, 0.1) is 0 Å². The maximum absolute atomic E-state index is 11.1. The van der Waals surface area contributed by atoms with Crippen molar-refractivity contribution in [1.29, 1.82) is 0 Å². The van der Waals surface area contributed by atoms with Crippen molar-refractivity contribution < 1.29 is 9.90 Å². The molecule has 0 saturated carbocycles. The number of rotatable bonds is 9. The minimum atomic E-state index is 0. The lowest BCUT2D eigenvalue weighted by Gasteiger charge is -2.17. The van der Waals surface area contributed by atoms with Crippen LogP contribution in [0.2, 0.25) is 0 Å². The van der Waals surface area contributed by atoms with Gasteiger partial charge in [0, 0.05) is 42.8 Å². The maximum Gasteiger partial charge on any atom is 0.159 e. The fourth-order valence-corrected chi connectivity index (χ4v) is 2.69. The zero-order valence-electron chi connectivity index (χ0n) is 15.6. The summed E-state index contributed by atoms with van der Waals surface area (Å²) in [6, 6.07) is 4.96. The summed E-state index contributed by atoms with van der Waals surface area (Å²) in [6.07, 6.45) is 2.69. The molecule has 1 N–H and O–H groups in total. The predicted molar refractivity (Wildman–Crippen MR) is 117 cm³/mol. The Hall–Kier alpha value is -0.450. The van der Waals surface area contributed by atoms with Gasteiger partial charge >= 0.3 is 0 Å². The smallest absolute Gasteiger partial charge is 0.159 e. The molecule has 0 unspecified atom stereocenters. The summed E-state index contributed by atoms with van der Waals surface area (Å²) in [7, 11) is 0. The number of hydrogen-bond donors (Lipinski definition) is 1. The molecule has 0 amide bonds. The Bertz CT molecular complexity index is 532. The molecule has 0 radical (unpaired) electrons. The van der Waals surface area contributed by atoms with Crippen molar-refractivity contribution in [3.05, 3.63) is 41.0 Å². The van der Waals surface area contributed by atoms with Crippen molar-refractivity contribution >= 4 is 53.0 Å². The van der Waals surface area contributed by atoms with Crippen LogP contribution in [-0.2, 0) is 6.42 Å². The molecule has 1 rings (SSSR count). The van der Waals surface area contributed by atoms with E-state index in [1.54, 1.807) is 18.2 Å². The second-order valence-corrected chi connectivity index (χ2v) is 6.93. The molecule has 0 aliphatic rings. The minimum Gasteiger partial charge on any atom is -0.508 e. The van der Waals surface area contributed by atoms with Gasteiger partial charge in [-0.05, 0) is 51.0 Å². The average Bonchev–Trinajstić information content (AvgIpc) is 2.55. The van der Waals surface area contributed by atoms with E-state index < -0.39 is 0 Å². The van der Waals surface area contributed by atoms with Gasteiger partial charge in [0.25, 0.3) is 0 Å². The van der Waals surface area contributed by atoms with Gasteiger partial charge in [-0.2, -0.15) is 0 Å². The molecule has 7 heteroatoms. The van der Waals surface area contributed by atoms with Gasteiger partial charge < -0.3 is 5.11 Å². The highest BCUT2D eigenvalue weighted by molar-refractivity contribution is 6.18. The molecule has 0 spiro atoms. The molecule has 0 aliphatic carbocycles. The number of allylic oxidation sites excluding steroid dienone is 2. The lowest BCUT2D eigenvalue weighted by Crippen LogP contribution is -2.29. The van der Waals surface area contributed by atoms with Gasteiger partial charge in [-0.1, -0.05) is 11.6 Å². The van der Waals surface area contributed by atoms with Crippen molar-refractivity contribution in [3.8, 4) is 5.75 Å². The molecule has 0 aliphatic heterocycles. The highest BCUT2D eigenvalue weighted by Crippen LogP contribution is 2.20. The number of carbonyl (C=O) groups is 1. The molecule has 26 heavy (non-hydrogen) atoms. The number of aromatic hydroxyl groups is 1. The Morgan fingerprint density at radius 2 is 1.54 bits per heavy atom. The molecule has 1 aromatic rings. The van der Waals surface area contributed by atoms with E-state index in [-0.39, 0.29) is 23.9 Å². The number of ketones is 1. The SMILES string of the molecule is CC(=O)c1ccc(O)c(CC=C(C)C)c1.Cl.ClCCN(CCCl)CCCl. The fourth-order valence-electron chi connectivity index (χ4n) is 1.98. The molecule has 1 aromatic carbocycles. The highest BCUT2D eigenvalue weighted by Gasteiger charge is 2.04. The zero-order valence-corrected chi connectivity index (χ0v) is 18.7. The first-order chi connectivity index (χ1) is 11.8. The molecule has 3 nitrogen and oxygen atoms in total. The average molecular weight is 445 g/mol. The first kappa shape index (κ1) is 27.8. The number of Topliss-reactive ketones (excluding diaryl/α,β-unsaturated/α-hetero) is 1. The second kappa shape index (κ2) is 16.7. The van der Waals surface area contributed by atoms with Crippen molar-refractivity contribution in [2.45, 2.75) is 27.2 Å². The van der Waals surface area contributed by atoms with E-state index in [4.69, 9.17) is 34.8 Å². The van der Waals surface area contributed by atoms with Gasteiger partial charge in [-0.3, -0.25) is 9.69 Å². The Balaban J connectivity index is 0. The van der Waals surface area contributed by atoms with Gasteiger partial charge in [-0.25, -0.2) is 0 Å². The monoisotopic (exact) mass is 443 g/mol. The first-order valence-electron chi connectivity index (χ1n) is 8.22. The van der Waals surface area contributed by atoms with E-state index >= 15 is 0 Å². The van der Waals surface area contributed by atoms with E-state index in [1.165, 1.54) is 12.5 Å². The van der Waals surface area contributed by atoms with Crippen LogP contribution in [0.4, 0.5) is 0 Å². The van der Waals surface area contributed by atoms with Crippen LogP contribution in [0, 0.1) is 0 Å². The lowest BCUT2D eigenvalue weighted by atomic mass is 10.0. The zero-order chi connectivity index (χ0) is 19.2. The van der Waals surface area contributed by atoms with Crippen molar-refractivity contribution in [2.75, 3.05) is 37.3 Å². The van der Waals surface area contributed by atoms with Crippen molar-refractivity contribution in [3.63, 3.8) is 0 Å². The molecular weight excluding hydrogens is 416 g/mol. The Morgan fingerprint density at radius 1 is 1.04 bits per heavy atom. The molecule has 0 atom stereocenters. The Labute approximate surface area is 178 Å². The molecule has 0 aromatic heterocycles. The molecule has 0 fully saturated rings. The van der Waals surface area contributed by atoms with E-state index in [9.17, 15) is 9.90 Å². The number of hydrogen-bond acceptors (Lipinski definition) is 3. The van der Waals surface area contributed by atoms with E-state index in [1.807, 2.05) is 19.9 Å². The molecule has 150 valence electrons. The van der Waals surface area contributed by atoms with Gasteiger partial charge in [0.2, 0.25) is 0 Å². The van der Waals surface area contributed by atoms with Crippen LogP contribution in [0.3, 0.4) is 0 Å². The van der Waals surface area contributed by atoms with Gasteiger partial charge in [-0.15, -0.1) is 47.2 Å². The third kappa shape index (κ3) is 12.8. The van der Waals surface area contributed by atoms with Crippen LogP contribution in [-0.4, -0.2) is 53.1 Å². The van der Waals surface area contributed by atoms with Gasteiger partial charge in [0.15, 0.2) is 5.78 Å². The van der Waals surface area contributed by atoms with Crippen molar-refractivity contribution in [1.82, 2.24) is 4.90 Å². The van der Waals surface area contributed by atoms with Gasteiger partial charge in [0.1, 0.15) is 5.75 Å². The van der Waals surface area contributed by atoms with E-state index in [2.05, 4.69) is 4.90 Å². The largest absolute Gasteiger partial charge is 0.508 e. The van der Waals surface area contributed by atoms with E-state index in [0.29, 0.717) is 29.6 Å². The van der Waals surface area contributed by atoms with Crippen molar-refractivity contribution in [2.24, 2.45) is 0 Å². The number of phenolic OH excluding ortho intramolecular Hbond substituents is 1. The molecule has 0 heterocycles. The minimum absolute atomic E-state index is 0. The third-order valence-corrected chi connectivity index (χ3v) is 3.93. The summed E-state index contributed by atoms with van der Waals surface area (Å²) in [5.41, 5.74) is 2.64. The topological polar surface area (TPSA) is 40.5 Å². The Morgan fingerprint density at radius 3 is 1.92 bits per heavy atom. The number of benzene rings is 1. The van der Waals surface area contributed by atoms with Crippen LogP contribution in [0.1, 0.15) is 36.7 Å². The van der Waals surface area contributed by atoms with Crippen LogP contribution in [0.5, 0.6) is 5.75 Å². The molecular formula is C19H29Cl4NO2. The second-order valence-electron chi connectivity index (χ2n) is 5.79. The number of carbonyl (C=O) groups excluding carboxylic acids is 1. The highest BCUT2D eigenvalue weighted by atomic mass is 35.5. The summed E-state index contributed by atoms with van der Waals surface area (Å²) >= 11 is 16.6. The Kier molecular flexibility index (Phi) is 17.8. The predicted octanol–water partition coefficient (Wildman–Crippen LogP) is 5.53. The maximum atomic E-state index is 11.1. The number of alkyl halides is 3. The lowest BCUT2D eigenvalue weighted by molar-refractivity contribution is 0.101. The number of nitrogens with zero attached hydrogens (tertiary/aromatic N) is 1. The van der Waals surface area contributed by atoms with Crippen LogP contribution in [0.15, 0.2) is 29.8 Å². The summed E-state index contributed by atoms with van der Waals surface area (Å²) in [5.74, 6) is 2.21. The third-order valence-electron chi connectivity index (χ3n) is 3.42.